The molecule has 0 radical (unpaired) electrons. The number of pyridine rings is 1. The maximum atomic E-state index is 4.90. The summed E-state index contributed by atoms with van der Waals surface area (Å²) in [7, 11) is 0.238. The molecule has 6 rings (SSSR count). The number of piperazine rings is 1. The topological polar surface area (TPSA) is 68.3 Å². The molecule has 216 valence electrons. The van der Waals surface area contributed by atoms with Gasteiger partial charge in [-0.05, 0) is 82.0 Å². The number of benzene rings is 1. The highest BCUT2D eigenvalue weighted by Gasteiger charge is 2.37. The third-order valence-electron chi connectivity index (χ3n) is 8.70. The molecular weight excluding hydrogens is 547 g/mol. The van der Waals surface area contributed by atoms with Crippen LogP contribution in [0.1, 0.15) is 43.5 Å². The molecule has 1 aliphatic carbocycles. The third-order valence-corrected chi connectivity index (χ3v) is 11.8. The van der Waals surface area contributed by atoms with Gasteiger partial charge in [-0.25, -0.2) is 9.97 Å². The minimum absolute atomic E-state index is 0.227. The second-order valence-electron chi connectivity index (χ2n) is 11.5. The number of hydrogen-bond donors (Lipinski definition) is 3. The first-order chi connectivity index (χ1) is 19.6. The lowest BCUT2D eigenvalue weighted by Crippen LogP contribution is -2.47. The first kappa shape index (κ1) is 28.0. The summed E-state index contributed by atoms with van der Waals surface area (Å²) in [6.07, 6.45) is 2.62. The van der Waals surface area contributed by atoms with Crippen molar-refractivity contribution in [3.63, 3.8) is 0 Å². The van der Waals surface area contributed by atoms with Crippen LogP contribution in [-0.4, -0.2) is 58.8 Å². The summed E-state index contributed by atoms with van der Waals surface area (Å²) in [6.45, 7) is 18.0. The van der Waals surface area contributed by atoms with E-state index in [-0.39, 0.29) is 6.04 Å². The number of aromatic nitrogens is 2. The fourth-order valence-electron chi connectivity index (χ4n) is 5.94. The summed E-state index contributed by atoms with van der Waals surface area (Å²) in [5.74, 6) is 11.5. The molecule has 1 saturated heterocycles. The fraction of sp³-hybridized carbons (Fsp3) is 0.375. The standard InChI is InChI=1S/C32H41N7S2/c1-19-21(3)38(15-14-34-19)29-11-9-10-28(36-29)37-32-35-20(2)31(40-32)25-16-26-18-39(22(4)24-12-13-24)23(5)30(26)27(17-25)41(7,8)33-6/h9-11,16-17,19,22,24,33-34H,3,5,7-8,12-15,18H2,1-2,4,6H3,(H,35,36,37). The van der Waals surface area contributed by atoms with E-state index in [1.54, 1.807) is 11.3 Å². The third kappa shape index (κ3) is 5.20. The molecule has 7 nitrogen and oxygen atoms in total. The number of nitrogens with zero attached hydrogens (tertiary/aromatic N) is 4. The molecule has 9 heteroatoms. The minimum Gasteiger partial charge on any atom is -0.364 e. The summed E-state index contributed by atoms with van der Waals surface area (Å²) >= 11 is 1.65. The molecule has 0 spiro atoms. The summed E-state index contributed by atoms with van der Waals surface area (Å²) in [6, 6.07) is 11.4. The van der Waals surface area contributed by atoms with Gasteiger partial charge in [-0.3, -0.25) is 4.72 Å². The lowest BCUT2D eigenvalue weighted by molar-refractivity contribution is 0.290. The Bertz CT molecular complexity index is 1630. The summed E-state index contributed by atoms with van der Waals surface area (Å²) in [5.41, 5.74) is 6.81. The van der Waals surface area contributed by atoms with Gasteiger partial charge < -0.3 is 20.4 Å². The zero-order chi connectivity index (χ0) is 29.1. The van der Waals surface area contributed by atoms with E-state index in [1.807, 2.05) is 25.2 Å². The quantitative estimate of drug-likeness (QED) is 0.267. The Hall–Kier alpha value is -3.11. The van der Waals surface area contributed by atoms with Gasteiger partial charge >= 0.3 is 0 Å². The molecule has 2 unspecified atom stereocenters. The molecular formula is C32H41N7S2. The molecule has 4 heterocycles. The highest BCUT2D eigenvalue weighted by Crippen LogP contribution is 2.48. The number of thiazole rings is 1. The molecule has 41 heavy (non-hydrogen) atoms. The van der Waals surface area contributed by atoms with E-state index >= 15 is 0 Å². The van der Waals surface area contributed by atoms with E-state index < -0.39 is 9.39 Å². The van der Waals surface area contributed by atoms with Gasteiger partial charge in [0.25, 0.3) is 0 Å². The summed E-state index contributed by atoms with van der Waals surface area (Å²) in [4.78, 5) is 16.8. The zero-order valence-electron chi connectivity index (χ0n) is 24.6. The van der Waals surface area contributed by atoms with Gasteiger partial charge in [-0.15, -0.1) is 9.39 Å². The molecule has 3 aromatic rings. The van der Waals surface area contributed by atoms with Gasteiger partial charge in [-0.1, -0.05) is 42.3 Å². The van der Waals surface area contributed by atoms with Gasteiger partial charge in [0, 0.05) is 53.6 Å². The average molecular weight is 588 g/mol. The molecule has 0 amide bonds. The van der Waals surface area contributed by atoms with Gasteiger partial charge in [-0.2, -0.15) is 0 Å². The number of anilines is 3. The van der Waals surface area contributed by atoms with Crippen molar-refractivity contribution in [1.29, 1.82) is 0 Å². The Morgan fingerprint density at radius 3 is 2.68 bits per heavy atom. The lowest BCUT2D eigenvalue weighted by Gasteiger charge is -2.35. The van der Waals surface area contributed by atoms with Crippen LogP contribution in [0.2, 0.25) is 0 Å². The Morgan fingerprint density at radius 1 is 1.17 bits per heavy atom. The van der Waals surface area contributed by atoms with Crippen LogP contribution in [0.5, 0.6) is 0 Å². The van der Waals surface area contributed by atoms with Crippen LogP contribution < -0.4 is 20.3 Å². The Balaban J connectivity index is 1.32. The van der Waals surface area contributed by atoms with Crippen molar-refractivity contribution in [2.24, 2.45) is 5.92 Å². The van der Waals surface area contributed by atoms with Crippen molar-refractivity contribution in [1.82, 2.24) is 24.9 Å². The smallest absolute Gasteiger partial charge is 0.189 e. The van der Waals surface area contributed by atoms with Crippen molar-refractivity contribution in [3.05, 3.63) is 66.0 Å². The number of fused-ring (bicyclic) bond motifs is 1. The predicted molar refractivity (Wildman–Crippen MR) is 180 cm³/mol. The highest BCUT2D eigenvalue weighted by atomic mass is 32.2. The Morgan fingerprint density at radius 2 is 1.95 bits per heavy atom. The van der Waals surface area contributed by atoms with Crippen molar-refractivity contribution < 1.29 is 0 Å². The van der Waals surface area contributed by atoms with Gasteiger partial charge in [0.1, 0.15) is 11.6 Å². The largest absolute Gasteiger partial charge is 0.364 e. The monoisotopic (exact) mass is 587 g/mol. The number of hydrogen-bond acceptors (Lipinski definition) is 8. The van der Waals surface area contributed by atoms with E-state index in [9.17, 15) is 0 Å². The summed E-state index contributed by atoms with van der Waals surface area (Å²) < 4.78 is 3.41. The first-order valence-corrected chi connectivity index (χ1v) is 17.1. The fourth-order valence-corrected chi connectivity index (χ4v) is 8.11. The van der Waals surface area contributed by atoms with Crippen molar-refractivity contribution in [3.8, 4) is 10.4 Å². The minimum atomic E-state index is -1.71. The molecule has 2 atom stereocenters. The normalized spacial score (nSPS) is 20.0. The molecule has 2 aliphatic heterocycles. The van der Waals surface area contributed by atoms with E-state index in [1.165, 1.54) is 24.0 Å². The highest BCUT2D eigenvalue weighted by molar-refractivity contribution is 8.26. The SMILES string of the molecule is C=C1C(C)NCCN1c1cccc(Nc2nc(C)c(-c3cc4c(c(S(=C)(=C)NC)c3)C(=C)N(C(C)C3CC3)C4)s2)n1. The second kappa shape index (κ2) is 10.6. The van der Waals surface area contributed by atoms with E-state index in [2.05, 4.69) is 83.0 Å². The van der Waals surface area contributed by atoms with Crippen LogP contribution in [0.3, 0.4) is 0 Å². The van der Waals surface area contributed by atoms with E-state index in [0.717, 1.165) is 74.7 Å². The first-order valence-electron chi connectivity index (χ1n) is 14.3. The van der Waals surface area contributed by atoms with Crippen LogP contribution >= 0.6 is 20.7 Å². The molecule has 3 aliphatic rings. The second-order valence-corrected chi connectivity index (χ2v) is 15.1. The maximum absolute atomic E-state index is 4.90. The molecule has 0 bridgehead atoms. The zero-order valence-corrected chi connectivity index (χ0v) is 26.2. The van der Waals surface area contributed by atoms with Crippen LogP contribution in [0.25, 0.3) is 16.1 Å². The summed E-state index contributed by atoms with van der Waals surface area (Å²) in [5, 5.41) is 7.74. The van der Waals surface area contributed by atoms with E-state index in [0.29, 0.717) is 6.04 Å². The van der Waals surface area contributed by atoms with Crippen molar-refractivity contribution in [2.45, 2.75) is 57.1 Å². The average Bonchev–Trinajstić information content (AvgIpc) is 3.67. The number of nitrogens with one attached hydrogen (secondary N) is 3. The van der Waals surface area contributed by atoms with Crippen LogP contribution in [0, 0.1) is 12.8 Å². The Labute approximate surface area is 249 Å². The Kier molecular flexibility index (Phi) is 7.26. The van der Waals surface area contributed by atoms with E-state index in [4.69, 9.17) is 9.97 Å². The van der Waals surface area contributed by atoms with Gasteiger partial charge in [0.2, 0.25) is 0 Å². The van der Waals surface area contributed by atoms with Gasteiger partial charge in [0.15, 0.2) is 5.13 Å². The van der Waals surface area contributed by atoms with Crippen molar-refractivity contribution in [2.75, 3.05) is 30.4 Å². The number of aryl methyl sites for hydroxylation is 1. The molecule has 2 fully saturated rings. The van der Waals surface area contributed by atoms with Crippen molar-refractivity contribution >= 4 is 54.9 Å². The molecule has 1 aromatic carbocycles. The predicted octanol–water partition coefficient (Wildman–Crippen LogP) is 6.32. The lowest BCUT2D eigenvalue weighted by atomic mass is 10.0. The van der Waals surface area contributed by atoms with Crippen LogP contribution in [0.4, 0.5) is 16.8 Å². The molecule has 3 N–H and O–H groups in total. The van der Waals surface area contributed by atoms with Crippen LogP contribution in [0.15, 0.2) is 54.1 Å². The number of rotatable bonds is 8. The van der Waals surface area contributed by atoms with Crippen LogP contribution in [-0.2, 0) is 6.54 Å². The maximum Gasteiger partial charge on any atom is 0.189 e. The van der Waals surface area contributed by atoms with Gasteiger partial charge in [0.05, 0.1) is 10.6 Å². The molecule has 1 saturated carbocycles. The molecule has 2 aromatic heterocycles.